The summed E-state index contributed by atoms with van der Waals surface area (Å²) in [7, 11) is 3.97. The van der Waals surface area contributed by atoms with Crippen molar-refractivity contribution in [1.29, 1.82) is 0 Å². The first-order valence-corrected chi connectivity index (χ1v) is 20.8. The van der Waals surface area contributed by atoms with E-state index in [0.29, 0.717) is 49.4 Å². The van der Waals surface area contributed by atoms with Crippen molar-refractivity contribution in [2.24, 2.45) is 10.2 Å². The van der Waals surface area contributed by atoms with Gasteiger partial charge < -0.3 is 30.5 Å². The van der Waals surface area contributed by atoms with Crippen molar-refractivity contribution < 1.29 is 29.0 Å². The molecular formula is C49H57N5O6. The monoisotopic (exact) mass is 811 g/mol. The maximum absolute atomic E-state index is 13.7. The third kappa shape index (κ3) is 12.3. The second-order valence-corrected chi connectivity index (χ2v) is 15.0. The van der Waals surface area contributed by atoms with Gasteiger partial charge in [0.25, 0.3) is 5.91 Å². The number of ether oxygens (including phenoxy) is 2. The van der Waals surface area contributed by atoms with Crippen LogP contribution in [-0.4, -0.2) is 43.7 Å². The molecule has 0 unspecified atom stereocenters. The van der Waals surface area contributed by atoms with E-state index in [-0.39, 0.29) is 23.3 Å². The second-order valence-electron chi connectivity index (χ2n) is 15.0. The predicted molar refractivity (Wildman–Crippen MR) is 240 cm³/mol. The first kappa shape index (κ1) is 44.6. The lowest BCUT2D eigenvalue weighted by Crippen LogP contribution is -2.17. The third-order valence-corrected chi connectivity index (χ3v) is 10.4. The topological polar surface area (TPSA) is 156 Å². The van der Waals surface area contributed by atoms with E-state index in [1.165, 1.54) is 23.8 Å². The molecule has 4 N–H and O–H groups in total. The highest BCUT2D eigenvalue weighted by Gasteiger charge is 2.19. The highest BCUT2D eigenvalue weighted by molar-refractivity contribution is 6.07. The smallest absolute Gasteiger partial charge is 0.335 e. The van der Waals surface area contributed by atoms with E-state index in [1.807, 2.05) is 81.4 Å². The van der Waals surface area contributed by atoms with E-state index < -0.39 is 17.8 Å². The van der Waals surface area contributed by atoms with Crippen LogP contribution in [0, 0.1) is 0 Å². The number of nitrogens with zero attached hydrogens (tertiary/aromatic N) is 3. The molecule has 11 heteroatoms. The van der Waals surface area contributed by atoms with Crippen LogP contribution in [0.3, 0.4) is 0 Å². The van der Waals surface area contributed by atoms with Crippen LogP contribution in [0.1, 0.15) is 107 Å². The number of benzene rings is 5. The molecule has 0 aliphatic carbocycles. The Morgan fingerprint density at radius 1 is 0.667 bits per heavy atom. The van der Waals surface area contributed by atoms with Gasteiger partial charge in [0.15, 0.2) is 0 Å². The second kappa shape index (κ2) is 21.5. The average molecular weight is 812 g/mol. The van der Waals surface area contributed by atoms with E-state index in [1.54, 1.807) is 0 Å². The number of unbranched alkanes of at least 4 members (excludes halogenated alkanes) is 2. The first-order valence-electron chi connectivity index (χ1n) is 20.8. The van der Waals surface area contributed by atoms with Gasteiger partial charge >= 0.3 is 11.9 Å². The Kier molecular flexibility index (Phi) is 16.0. The molecule has 0 saturated carbocycles. The van der Waals surface area contributed by atoms with Gasteiger partial charge in [0.2, 0.25) is 0 Å². The number of amides is 1. The maximum Gasteiger partial charge on any atom is 0.335 e. The van der Waals surface area contributed by atoms with Crippen LogP contribution in [0.25, 0.3) is 0 Å². The number of carboxylic acids is 1. The van der Waals surface area contributed by atoms with Crippen molar-refractivity contribution >= 4 is 46.3 Å². The number of azo groups is 1. The Morgan fingerprint density at radius 3 is 1.73 bits per heavy atom. The molecular weight excluding hydrogens is 755 g/mol. The average Bonchev–Trinajstić information content (AvgIpc) is 3.25. The maximum atomic E-state index is 13.7. The lowest BCUT2D eigenvalue weighted by Gasteiger charge is -2.18. The van der Waals surface area contributed by atoms with Gasteiger partial charge in [0, 0.05) is 43.1 Å². The predicted octanol–water partition coefficient (Wildman–Crippen LogP) is 11.1. The number of carbonyl (C=O) groups is 3. The Hall–Kier alpha value is -6.49. The van der Waals surface area contributed by atoms with E-state index in [0.717, 1.165) is 70.6 Å². The van der Waals surface area contributed by atoms with Crippen LogP contribution in [0.5, 0.6) is 11.5 Å². The van der Waals surface area contributed by atoms with Crippen LogP contribution in [0.2, 0.25) is 0 Å². The Bertz CT molecular complexity index is 2250. The molecule has 11 nitrogen and oxygen atoms in total. The molecule has 5 rings (SSSR count). The molecule has 60 heavy (non-hydrogen) atoms. The number of hydrogen-bond acceptors (Lipinski definition) is 9. The van der Waals surface area contributed by atoms with Crippen molar-refractivity contribution in [1.82, 2.24) is 0 Å². The van der Waals surface area contributed by atoms with Crippen molar-refractivity contribution in [2.75, 3.05) is 36.7 Å². The molecule has 0 bridgehead atoms. The van der Waals surface area contributed by atoms with Crippen molar-refractivity contribution in [3.63, 3.8) is 0 Å². The fourth-order valence-corrected chi connectivity index (χ4v) is 6.99. The summed E-state index contributed by atoms with van der Waals surface area (Å²) in [5.41, 5.74) is 17.1. The third-order valence-electron chi connectivity index (χ3n) is 10.4. The van der Waals surface area contributed by atoms with E-state index in [4.69, 9.17) is 15.2 Å². The van der Waals surface area contributed by atoms with Crippen LogP contribution >= 0.6 is 0 Å². The normalized spacial score (nSPS) is 11.1. The van der Waals surface area contributed by atoms with E-state index in [9.17, 15) is 19.5 Å². The summed E-state index contributed by atoms with van der Waals surface area (Å²) >= 11 is 0. The summed E-state index contributed by atoms with van der Waals surface area (Å²) in [6, 6.07) is 27.7. The number of hydrogen-bond donors (Lipinski definition) is 3. The van der Waals surface area contributed by atoms with Gasteiger partial charge in [-0.1, -0.05) is 52.0 Å². The molecule has 0 fully saturated rings. The zero-order valence-corrected chi connectivity index (χ0v) is 35.6. The van der Waals surface area contributed by atoms with Gasteiger partial charge in [-0.3, -0.25) is 9.59 Å². The van der Waals surface area contributed by atoms with Gasteiger partial charge in [-0.15, -0.1) is 0 Å². The molecule has 5 aromatic rings. The number of nitrogens with two attached hydrogens (primary N) is 1. The van der Waals surface area contributed by atoms with Crippen LogP contribution in [-0.2, 0) is 36.9 Å². The summed E-state index contributed by atoms with van der Waals surface area (Å²) in [6.45, 7) is 8.77. The number of rotatable bonds is 20. The molecule has 0 saturated heterocycles. The number of aryl methyl sites for hydroxylation is 4. The summed E-state index contributed by atoms with van der Waals surface area (Å²) in [5, 5.41) is 21.5. The number of anilines is 3. The SMILES string of the molecule is CCc1cc(Cc2cc(CC)c(NC(=O)c3cc(OC(=O)CCCCCOc4ccc(N=Nc5ccc(N(C)C)cc5)cc4)cc(C(=O)O)c3)c(CC)c2)cc(CC)c1N. The Labute approximate surface area is 353 Å². The van der Waals surface area contributed by atoms with Gasteiger partial charge in [-0.2, -0.15) is 10.2 Å². The number of esters is 1. The molecule has 0 atom stereocenters. The highest BCUT2D eigenvalue weighted by Crippen LogP contribution is 2.30. The molecule has 0 radical (unpaired) electrons. The molecule has 0 aliphatic heterocycles. The minimum absolute atomic E-state index is 0.00164. The number of aromatic carboxylic acids is 1. The summed E-state index contributed by atoms with van der Waals surface area (Å²) in [4.78, 5) is 40.6. The number of nitrogen functional groups attached to an aromatic ring is 1. The highest BCUT2D eigenvalue weighted by atomic mass is 16.5. The van der Waals surface area contributed by atoms with Crippen LogP contribution in [0.15, 0.2) is 101 Å². The summed E-state index contributed by atoms with van der Waals surface area (Å²) in [6.07, 6.45) is 5.92. The number of carbonyl (C=O) groups excluding carboxylic acids is 2. The number of nitrogens with one attached hydrogen (secondary N) is 1. The van der Waals surface area contributed by atoms with Crippen LogP contribution in [0.4, 0.5) is 28.4 Å². The molecule has 1 amide bonds. The van der Waals surface area contributed by atoms with Gasteiger partial charge in [0.1, 0.15) is 11.5 Å². The number of carboxylic acid groups (broad SMARTS) is 1. The van der Waals surface area contributed by atoms with Crippen molar-refractivity contribution in [3.8, 4) is 11.5 Å². The zero-order chi connectivity index (χ0) is 43.2. The Balaban J connectivity index is 1.14. The van der Waals surface area contributed by atoms with Crippen molar-refractivity contribution in [3.05, 3.63) is 136 Å². The lowest BCUT2D eigenvalue weighted by atomic mass is 9.92. The standard InChI is InChI=1S/C49H57N5O6/c1-7-34-25-32(26-35(8-2)46(34)50)24-33-27-36(9-3)47(37(10-4)28-33)51-48(56)38-29-39(49(57)58)31-44(30-38)60-45(55)14-12-11-13-23-59-43-21-17-41(18-22-43)53-52-40-15-19-42(20-16-40)54(5)6/h15-22,25-31H,7-14,23-24,50H2,1-6H3,(H,51,56)(H,57,58). The largest absolute Gasteiger partial charge is 0.494 e. The van der Waals surface area contributed by atoms with Gasteiger partial charge in [-0.25, -0.2) is 4.79 Å². The zero-order valence-electron chi connectivity index (χ0n) is 35.6. The first-order chi connectivity index (χ1) is 28.9. The van der Waals surface area contributed by atoms with E-state index >= 15 is 0 Å². The van der Waals surface area contributed by atoms with Crippen LogP contribution < -0.4 is 25.4 Å². The molecule has 0 heterocycles. The van der Waals surface area contributed by atoms with Gasteiger partial charge in [0.05, 0.1) is 23.5 Å². The van der Waals surface area contributed by atoms with Gasteiger partial charge in [-0.05, 0) is 151 Å². The Morgan fingerprint density at radius 2 is 1.20 bits per heavy atom. The molecule has 0 aromatic heterocycles. The molecule has 0 aliphatic rings. The molecule has 5 aromatic carbocycles. The minimum atomic E-state index is -1.24. The van der Waals surface area contributed by atoms with Crippen molar-refractivity contribution in [2.45, 2.75) is 85.5 Å². The summed E-state index contributed by atoms with van der Waals surface area (Å²) in [5.74, 6) is -1.53. The molecule has 0 spiro atoms. The summed E-state index contributed by atoms with van der Waals surface area (Å²) < 4.78 is 11.4. The quantitative estimate of drug-likeness (QED) is 0.0231. The lowest BCUT2D eigenvalue weighted by molar-refractivity contribution is -0.134. The fourth-order valence-electron chi connectivity index (χ4n) is 6.99. The molecule has 314 valence electrons. The van der Waals surface area contributed by atoms with E-state index in [2.05, 4.69) is 53.7 Å². The fraction of sp³-hybridized carbons (Fsp3) is 0.327. The minimum Gasteiger partial charge on any atom is -0.494 e.